The number of benzene rings is 2. The van der Waals surface area contributed by atoms with E-state index in [4.69, 9.17) is 27.9 Å². The molecule has 0 fully saturated rings. The molecule has 0 saturated heterocycles. The van der Waals surface area contributed by atoms with Crippen LogP contribution in [0.4, 0.5) is 0 Å². The van der Waals surface area contributed by atoms with Crippen molar-refractivity contribution >= 4 is 55.1 Å². The fourth-order valence-electron chi connectivity index (χ4n) is 2.77. The summed E-state index contributed by atoms with van der Waals surface area (Å²) in [6, 6.07) is 16.4. The quantitative estimate of drug-likeness (QED) is 0.331. The standard InChI is InChI=1S/C20H22Br2Cl2O/c1-13(11-23)19(15-5-3-7-17(21)9-15)25-20(14(2)12-24)16-6-4-8-18(22)10-16/h3-10,13-14,19-20H,11-12H2,1-2H3/t13-,14-,19?,20?/m0/s1. The first-order chi connectivity index (χ1) is 12.0. The molecule has 0 aromatic heterocycles. The molecule has 2 aromatic carbocycles. The molecule has 136 valence electrons. The Labute approximate surface area is 177 Å². The molecule has 0 aliphatic heterocycles. The zero-order valence-electron chi connectivity index (χ0n) is 14.3. The molecule has 0 amide bonds. The summed E-state index contributed by atoms with van der Waals surface area (Å²) < 4.78 is 8.69. The zero-order chi connectivity index (χ0) is 18.4. The van der Waals surface area contributed by atoms with E-state index in [2.05, 4.69) is 70.0 Å². The molecule has 2 aromatic rings. The number of rotatable bonds is 8. The molecule has 0 saturated carbocycles. The lowest BCUT2D eigenvalue weighted by atomic mass is 9.95. The molecule has 1 nitrogen and oxygen atoms in total. The Morgan fingerprint density at radius 1 is 0.800 bits per heavy atom. The lowest BCUT2D eigenvalue weighted by Gasteiger charge is -2.32. The van der Waals surface area contributed by atoms with Gasteiger partial charge in [0, 0.05) is 32.5 Å². The second kappa shape index (κ2) is 10.3. The van der Waals surface area contributed by atoms with Crippen LogP contribution in [-0.4, -0.2) is 11.8 Å². The summed E-state index contributed by atoms with van der Waals surface area (Å²) in [6.45, 7) is 4.23. The van der Waals surface area contributed by atoms with Crippen LogP contribution in [0.15, 0.2) is 57.5 Å². The highest BCUT2D eigenvalue weighted by Crippen LogP contribution is 2.38. The highest BCUT2D eigenvalue weighted by molar-refractivity contribution is 9.10. The highest BCUT2D eigenvalue weighted by Gasteiger charge is 2.28. The van der Waals surface area contributed by atoms with E-state index >= 15 is 0 Å². The molecule has 0 aliphatic carbocycles. The minimum atomic E-state index is -0.107. The molecule has 0 radical (unpaired) electrons. The molecular weight excluding hydrogens is 487 g/mol. The van der Waals surface area contributed by atoms with Crippen molar-refractivity contribution < 1.29 is 4.74 Å². The van der Waals surface area contributed by atoms with Crippen molar-refractivity contribution in [2.75, 3.05) is 11.8 Å². The van der Waals surface area contributed by atoms with Crippen LogP contribution in [0.1, 0.15) is 37.2 Å². The van der Waals surface area contributed by atoms with Crippen LogP contribution in [0.5, 0.6) is 0 Å². The summed E-state index contributed by atoms with van der Waals surface area (Å²) in [7, 11) is 0. The maximum Gasteiger partial charge on any atom is 0.0870 e. The third-order valence-corrected chi connectivity index (χ3v) is 6.13. The van der Waals surface area contributed by atoms with Crippen molar-refractivity contribution in [2.24, 2.45) is 11.8 Å². The normalized spacial score (nSPS) is 16.2. The van der Waals surface area contributed by atoms with Gasteiger partial charge in [0.1, 0.15) is 0 Å². The number of hydrogen-bond donors (Lipinski definition) is 0. The fraction of sp³-hybridized carbons (Fsp3) is 0.400. The summed E-state index contributed by atoms with van der Waals surface area (Å²) in [4.78, 5) is 0. The second-order valence-corrected chi connectivity index (χ2v) is 8.80. The van der Waals surface area contributed by atoms with Gasteiger partial charge in [-0.05, 0) is 35.4 Å². The van der Waals surface area contributed by atoms with Gasteiger partial charge in [0.15, 0.2) is 0 Å². The lowest BCUT2D eigenvalue weighted by molar-refractivity contribution is -0.0597. The smallest absolute Gasteiger partial charge is 0.0870 e. The Hall–Kier alpha value is -0.0600. The molecule has 0 spiro atoms. The molecule has 25 heavy (non-hydrogen) atoms. The third kappa shape index (κ3) is 5.97. The number of halogens is 4. The summed E-state index contributed by atoms with van der Waals surface area (Å²) in [6.07, 6.45) is -0.214. The predicted molar refractivity (Wildman–Crippen MR) is 115 cm³/mol. The van der Waals surface area contributed by atoms with Gasteiger partial charge in [-0.1, -0.05) is 70.0 Å². The Morgan fingerprint density at radius 2 is 1.20 bits per heavy atom. The topological polar surface area (TPSA) is 9.23 Å². The second-order valence-electron chi connectivity index (χ2n) is 6.35. The minimum absolute atomic E-state index is 0.107. The molecule has 0 bridgehead atoms. The monoisotopic (exact) mass is 506 g/mol. The number of ether oxygens (including phenoxy) is 1. The maximum atomic E-state index is 6.63. The Bertz CT molecular complexity index is 623. The molecule has 0 aliphatic rings. The van der Waals surface area contributed by atoms with Crippen LogP contribution in [0.2, 0.25) is 0 Å². The minimum Gasteiger partial charge on any atom is -0.365 e. The lowest BCUT2D eigenvalue weighted by Crippen LogP contribution is -2.22. The zero-order valence-corrected chi connectivity index (χ0v) is 18.9. The molecule has 0 heterocycles. The van der Waals surface area contributed by atoms with Crippen molar-refractivity contribution in [3.8, 4) is 0 Å². The SMILES string of the molecule is C[C@@H](CCl)C(OC(c1cccc(Br)c1)[C@@H](C)CCl)c1cccc(Br)c1. The van der Waals surface area contributed by atoms with Crippen molar-refractivity contribution in [3.05, 3.63) is 68.6 Å². The van der Waals surface area contributed by atoms with Crippen LogP contribution in [0.25, 0.3) is 0 Å². The highest BCUT2D eigenvalue weighted by atomic mass is 79.9. The average molecular weight is 509 g/mol. The van der Waals surface area contributed by atoms with E-state index in [1.54, 1.807) is 0 Å². The van der Waals surface area contributed by atoms with Gasteiger partial charge in [-0.15, -0.1) is 23.2 Å². The summed E-state index contributed by atoms with van der Waals surface area (Å²) in [5.74, 6) is 1.40. The first-order valence-electron chi connectivity index (χ1n) is 8.24. The van der Waals surface area contributed by atoms with Crippen LogP contribution in [-0.2, 0) is 4.74 Å². The Morgan fingerprint density at radius 3 is 1.52 bits per heavy atom. The summed E-state index contributed by atoms with van der Waals surface area (Å²) in [5, 5.41) is 0. The van der Waals surface area contributed by atoms with Gasteiger partial charge in [-0.3, -0.25) is 0 Å². The van der Waals surface area contributed by atoms with Crippen LogP contribution >= 0.6 is 55.1 Å². The maximum absolute atomic E-state index is 6.63. The van der Waals surface area contributed by atoms with Crippen molar-refractivity contribution in [3.63, 3.8) is 0 Å². The molecular formula is C20H22Br2Cl2O. The molecule has 2 unspecified atom stereocenters. The number of alkyl halides is 2. The van der Waals surface area contributed by atoms with E-state index < -0.39 is 0 Å². The van der Waals surface area contributed by atoms with E-state index in [-0.39, 0.29) is 24.0 Å². The molecule has 5 heteroatoms. The van der Waals surface area contributed by atoms with Gasteiger partial charge in [0.2, 0.25) is 0 Å². The van der Waals surface area contributed by atoms with Crippen LogP contribution in [0, 0.1) is 11.8 Å². The summed E-state index contributed by atoms with van der Waals surface area (Å²) in [5.41, 5.74) is 2.23. The van der Waals surface area contributed by atoms with Crippen LogP contribution < -0.4 is 0 Å². The van der Waals surface area contributed by atoms with E-state index in [9.17, 15) is 0 Å². The van der Waals surface area contributed by atoms with Gasteiger partial charge in [-0.25, -0.2) is 0 Å². The summed E-state index contributed by atoms with van der Waals surface area (Å²) >= 11 is 19.5. The Kier molecular flexibility index (Phi) is 8.77. The largest absolute Gasteiger partial charge is 0.365 e. The van der Waals surface area contributed by atoms with E-state index in [0.29, 0.717) is 11.8 Å². The Balaban J connectivity index is 2.38. The fourth-order valence-corrected chi connectivity index (χ4v) is 3.93. The van der Waals surface area contributed by atoms with E-state index in [0.717, 1.165) is 20.1 Å². The van der Waals surface area contributed by atoms with Crippen molar-refractivity contribution in [2.45, 2.75) is 26.1 Å². The van der Waals surface area contributed by atoms with Crippen molar-refractivity contribution in [1.82, 2.24) is 0 Å². The number of hydrogen-bond acceptors (Lipinski definition) is 1. The van der Waals surface area contributed by atoms with E-state index in [1.165, 1.54) is 0 Å². The van der Waals surface area contributed by atoms with E-state index in [1.807, 2.05) is 24.3 Å². The van der Waals surface area contributed by atoms with Gasteiger partial charge in [-0.2, -0.15) is 0 Å². The molecule has 4 atom stereocenters. The van der Waals surface area contributed by atoms with Crippen LogP contribution in [0.3, 0.4) is 0 Å². The first kappa shape index (κ1) is 21.2. The van der Waals surface area contributed by atoms with Gasteiger partial charge in [0.05, 0.1) is 12.2 Å². The van der Waals surface area contributed by atoms with Gasteiger partial charge in [0.25, 0.3) is 0 Å². The first-order valence-corrected chi connectivity index (χ1v) is 10.9. The van der Waals surface area contributed by atoms with Crippen molar-refractivity contribution in [1.29, 1.82) is 0 Å². The molecule has 0 N–H and O–H groups in total. The van der Waals surface area contributed by atoms with Gasteiger partial charge >= 0.3 is 0 Å². The third-order valence-electron chi connectivity index (χ3n) is 4.17. The average Bonchev–Trinajstić information content (AvgIpc) is 2.61. The predicted octanol–water partition coefficient (Wildman–Crippen LogP) is 7.76. The molecule has 2 rings (SSSR count). The van der Waals surface area contributed by atoms with Gasteiger partial charge < -0.3 is 4.74 Å².